The maximum Gasteiger partial charge on any atom is 0.332 e. The second kappa shape index (κ2) is 10.9. The summed E-state index contributed by atoms with van der Waals surface area (Å²) in [6.45, 7) is 3.73. The molecule has 6 rings (SSSR count). The number of H-pyrrole nitrogens is 1. The minimum absolute atomic E-state index is 0.0241. The van der Waals surface area contributed by atoms with Crippen LogP contribution < -0.4 is 15.0 Å². The first-order valence-corrected chi connectivity index (χ1v) is 14.2. The monoisotopic (exact) mass is 580 g/mol. The molecule has 0 spiro atoms. The minimum atomic E-state index is -1.15. The van der Waals surface area contributed by atoms with Gasteiger partial charge in [-0.3, -0.25) is 14.5 Å². The van der Waals surface area contributed by atoms with E-state index >= 15 is 0 Å². The number of carboxylic acid groups (broad SMARTS) is 1. The van der Waals surface area contributed by atoms with Crippen molar-refractivity contribution in [3.05, 3.63) is 95.2 Å². The number of methoxy groups -OCH3 is 1. The molecule has 10 nitrogen and oxygen atoms in total. The highest BCUT2D eigenvalue weighted by atomic mass is 16.5. The number of aromatic amines is 1. The summed E-state index contributed by atoms with van der Waals surface area (Å²) in [5.74, 6) is -1.64. The number of para-hydroxylation sites is 2. The number of aliphatic carboxylic acids is 1. The lowest BCUT2D eigenvalue weighted by molar-refractivity contribution is -0.139. The first kappa shape index (κ1) is 28.0. The van der Waals surface area contributed by atoms with Crippen LogP contribution in [0.5, 0.6) is 5.75 Å². The van der Waals surface area contributed by atoms with E-state index < -0.39 is 41.9 Å². The van der Waals surface area contributed by atoms with Gasteiger partial charge in [-0.25, -0.2) is 14.5 Å². The van der Waals surface area contributed by atoms with E-state index in [1.54, 1.807) is 24.1 Å². The van der Waals surface area contributed by atoms with Crippen molar-refractivity contribution in [2.24, 2.45) is 5.92 Å². The third-order valence-electron chi connectivity index (χ3n) is 8.16. The van der Waals surface area contributed by atoms with Gasteiger partial charge in [0.15, 0.2) is 0 Å². The summed E-state index contributed by atoms with van der Waals surface area (Å²) in [6.07, 6.45) is 0.527. The number of rotatable bonds is 8. The van der Waals surface area contributed by atoms with Crippen LogP contribution >= 0.6 is 0 Å². The predicted octanol–water partition coefficient (Wildman–Crippen LogP) is 4.89. The molecule has 220 valence electrons. The number of nitrogens with one attached hydrogen (secondary N) is 2. The summed E-state index contributed by atoms with van der Waals surface area (Å²) in [5, 5.41) is 13.2. The SMILES string of the molecule is COc1cccc(C2c3[nH]c4ccccc4c3C[C@H]3C(=O)N(c4ccccc4C(=O)N[C@@H](CC(C)C)C(=O)O)C(=O)N23)c1. The van der Waals surface area contributed by atoms with Gasteiger partial charge in [-0.05, 0) is 53.8 Å². The molecule has 3 aromatic carbocycles. The van der Waals surface area contributed by atoms with Gasteiger partial charge in [-0.2, -0.15) is 0 Å². The number of carbonyl (C=O) groups excluding carboxylic acids is 3. The number of imide groups is 1. The number of benzene rings is 3. The third kappa shape index (κ3) is 4.78. The van der Waals surface area contributed by atoms with Crippen molar-refractivity contribution in [1.29, 1.82) is 0 Å². The lowest BCUT2D eigenvalue weighted by Crippen LogP contribution is -2.44. The van der Waals surface area contributed by atoms with Crippen LogP contribution in [0, 0.1) is 5.92 Å². The molecule has 2 aliphatic rings. The average molecular weight is 581 g/mol. The minimum Gasteiger partial charge on any atom is -0.497 e. The molecule has 1 fully saturated rings. The molecule has 1 saturated heterocycles. The van der Waals surface area contributed by atoms with Crippen molar-refractivity contribution in [1.82, 2.24) is 15.2 Å². The number of carbonyl (C=O) groups is 4. The van der Waals surface area contributed by atoms with Crippen LogP contribution in [-0.2, 0) is 16.0 Å². The molecule has 3 N–H and O–H groups in total. The Labute approximate surface area is 248 Å². The molecule has 0 aliphatic carbocycles. The van der Waals surface area contributed by atoms with Crippen molar-refractivity contribution < 1.29 is 29.0 Å². The number of hydrogen-bond acceptors (Lipinski definition) is 5. The standard InChI is InChI=1S/C33H32N4O6/c1-18(2)15-25(32(40)41)35-30(38)22-12-5-7-14-26(22)37-31(39)27-17-23-21-11-4-6-13-24(21)34-28(23)29(36(27)33(37)42)19-9-8-10-20(16-19)43-3/h4-14,16,18,25,27,29,34H,15,17H2,1-3H3,(H,35,38)(H,40,41)/t25-,27-,29?/m0/s1. The zero-order valence-electron chi connectivity index (χ0n) is 24.0. The number of hydrogen-bond donors (Lipinski definition) is 3. The zero-order valence-corrected chi connectivity index (χ0v) is 24.0. The number of urea groups is 1. The molecule has 3 atom stereocenters. The summed E-state index contributed by atoms with van der Waals surface area (Å²) in [4.78, 5) is 59.9. The van der Waals surface area contributed by atoms with Gasteiger partial charge >= 0.3 is 12.0 Å². The quantitative estimate of drug-likeness (QED) is 0.254. The van der Waals surface area contributed by atoms with E-state index in [-0.39, 0.29) is 23.6 Å². The lowest BCUT2D eigenvalue weighted by Gasteiger charge is -2.36. The molecule has 1 aromatic heterocycles. The highest BCUT2D eigenvalue weighted by Gasteiger charge is 2.53. The van der Waals surface area contributed by atoms with Crippen LogP contribution in [0.4, 0.5) is 10.5 Å². The van der Waals surface area contributed by atoms with Gasteiger partial charge in [0.2, 0.25) is 0 Å². The topological polar surface area (TPSA) is 132 Å². The summed E-state index contributed by atoms with van der Waals surface area (Å²) < 4.78 is 5.48. The fourth-order valence-electron chi connectivity index (χ4n) is 6.24. The van der Waals surface area contributed by atoms with Crippen LogP contribution in [0.1, 0.15) is 53.5 Å². The van der Waals surface area contributed by atoms with Crippen molar-refractivity contribution in [3.63, 3.8) is 0 Å². The summed E-state index contributed by atoms with van der Waals surface area (Å²) in [7, 11) is 1.57. The summed E-state index contributed by atoms with van der Waals surface area (Å²) in [6, 6.07) is 18.4. The number of nitrogens with zero attached hydrogens (tertiary/aromatic N) is 2. The first-order chi connectivity index (χ1) is 20.7. The highest BCUT2D eigenvalue weighted by Crippen LogP contribution is 2.45. The van der Waals surface area contributed by atoms with E-state index in [9.17, 15) is 24.3 Å². The van der Waals surface area contributed by atoms with E-state index in [0.717, 1.165) is 32.6 Å². The van der Waals surface area contributed by atoms with E-state index in [4.69, 9.17) is 4.74 Å². The first-order valence-electron chi connectivity index (χ1n) is 14.2. The lowest BCUT2D eigenvalue weighted by atomic mass is 9.89. The molecule has 0 radical (unpaired) electrons. The fraction of sp³-hybridized carbons (Fsp3) is 0.273. The molecule has 43 heavy (non-hydrogen) atoms. The van der Waals surface area contributed by atoms with Crippen LogP contribution in [0.25, 0.3) is 10.9 Å². The molecule has 0 bridgehead atoms. The van der Waals surface area contributed by atoms with E-state index in [0.29, 0.717) is 12.2 Å². The highest BCUT2D eigenvalue weighted by molar-refractivity contribution is 6.24. The van der Waals surface area contributed by atoms with Crippen molar-refractivity contribution in [3.8, 4) is 5.75 Å². The van der Waals surface area contributed by atoms with E-state index in [1.807, 2.05) is 62.4 Å². The van der Waals surface area contributed by atoms with Gasteiger partial charge in [-0.1, -0.05) is 56.3 Å². The van der Waals surface area contributed by atoms with Gasteiger partial charge in [0.05, 0.1) is 18.4 Å². The number of ether oxygens (including phenoxy) is 1. The number of anilines is 1. The smallest absolute Gasteiger partial charge is 0.332 e. The second-order valence-corrected chi connectivity index (χ2v) is 11.3. The fourth-order valence-corrected chi connectivity index (χ4v) is 6.24. The van der Waals surface area contributed by atoms with Crippen molar-refractivity contribution in [2.75, 3.05) is 12.0 Å². The van der Waals surface area contributed by atoms with Crippen molar-refractivity contribution >= 4 is 40.4 Å². The van der Waals surface area contributed by atoms with Crippen molar-refractivity contribution in [2.45, 2.75) is 44.8 Å². The van der Waals surface area contributed by atoms with Crippen LogP contribution in [0.2, 0.25) is 0 Å². The maximum absolute atomic E-state index is 14.3. The zero-order chi connectivity index (χ0) is 30.4. The van der Waals surface area contributed by atoms with Gasteiger partial charge in [0, 0.05) is 23.0 Å². The van der Waals surface area contributed by atoms with Crippen LogP contribution in [0.15, 0.2) is 72.8 Å². The Bertz CT molecular complexity index is 1760. The number of fused-ring (bicyclic) bond motifs is 4. The molecule has 1 unspecified atom stereocenters. The Balaban J connectivity index is 1.43. The van der Waals surface area contributed by atoms with Gasteiger partial charge in [-0.15, -0.1) is 0 Å². The van der Waals surface area contributed by atoms with E-state index in [2.05, 4.69) is 10.3 Å². The van der Waals surface area contributed by atoms with Gasteiger partial charge < -0.3 is 20.1 Å². The van der Waals surface area contributed by atoms with Gasteiger partial charge in [0.1, 0.15) is 23.9 Å². The Hall–Kier alpha value is -5.12. The number of carboxylic acids is 1. The molecule has 4 aromatic rings. The molecular formula is C33H32N4O6. The molecule has 4 amide bonds. The number of amides is 4. The molecule has 10 heteroatoms. The Kier molecular flexibility index (Phi) is 7.13. The Morgan fingerprint density at radius 3 is 2.53 bits per heavy atom. The van der Waals surface area contributed by atoms with Crippen LogP contribution in [0.3, 0.4) is 0 Å². The number of aromatic nitrogens is 1. The second-order valence-electron chi connectivity index (χ2n) is 11.3. The third-order valence-corrected chi connectivity index (χ3v) is 8.16. The largest absolute Gasteiger partial charge is 0.497 e. The normalized spacial score (nSPS) is 18.5. The maximum atomic E-state index is 14.3. The van der Waals surface area contributed by atoms with Gasteiger partial charge in [0.25, 0.3) is 11.8 Å². The Morgan fingerprint density at radius 2 is 1.79 bits per heavy atom. The molecule has 2 aliphatic heterocycles. The summed E-state index contributed by atoms with van der Waals surface area (Å²) in [5.41, 5.74) is 3.60. The average Bonchev–Trinajstić information content (AvgIpc) is 3.49. The molecule has 0 saturated carbocycles. The molecular weight excluding hydrogens is 548 g/mol. The summed E-state index contributed by atoms with van der Waals surface area (Å²) >= 11 is 0. The predicted molar refractivity (Wildman–Crippen MR) is 160 cm³/mol. The van der Waals surface area contributed by atoms with Crippen LogP contribution in [-0.4, -0.2) is 58.0 Å². The van der Waals surface area contributed by atoms with E-state index in [1.165, 1.54) is 12.1 Å². The Morgan fingerprint density at radius 1 is 1.05 bits per heavy atom. The molecule has 3 heterocycles.